The lowest BCUT2D eigenvalue weighted by atomic mass is 9.99. The molecule has 2 unspecified atom stereocenters. The van der Waals surface area contributed by atoms with Crippen LogP contribution in [0, 0.1) is 3.57 Å². The molecule has 0 radical (unpaired) electrons. The van der Waals surface area contributed by atoms with E-state index in [-0.39, 0.29) is 0 Å². The van der Waals surface area contributed by atoms with Crippen LogP contribution in [0.15, 0.2) is 24.3 Å². The Labute approximate surface area is 141 Å². The minimum atomic E-state index is 0.563. The molecule has 0 aliphatic carbocycles. The number of nitrogens with one attached hydrogen (secondary N) is 1. The normalized spacial score (nSPS) is 21.9. The lowest BCUT2D eigenvalue weighted by molar-refractivity contribution is 0.213. The fourth-order valence-corrected chi connectivity index (χ4v) is 4.35. The van der Waals surface area contributed by atoms with Crippen LogP contribution >= 0.6 is 34.4 Å². The summed E-state index contributed by atoms with van der Waals surface area (Å²) in [7, 11) is 2.28. The summed E-state index contributed by atoms with van der Waals surface area (Å²) >= 11 is 4.47. The van der Waals surface area contributed by atoms with E-state index in [4.69, 9.17) is 0 Å². The topological polar surface area (TPSA) is 15.3 Å². The second kappa shape index (κ2) is 8.61. The van der Waals surface area contributed by atoms with Crippen molar-refractivity contribution in [1.29, 1.82) is 0 Å². The maximum Gasteiger partial charge on any atom is 0.0340 e. The largest absolute Gasteiger partial charge is 0.312 e. The molecule has 2 atom stereocenters. The highest BCUT2D eigenvalue weighted by molar-refractivity contribution is 14.1. The maximum absolute atomic E-state index is 3.78. The zero-order valence-corrected chi connectivity index (χ0v) is 15.4. The summed E-state index contributed by atoms with van der Waals surface area (Å²) in [6.45, 7) is 4.57. The van der Waals surface area contributed by atoms with Gasteiger partial charge in [-0.15, -0.1) is 0 Å². The zero-order valence-electron chi connectivity index (χ0n) is 12.4. The molecule has 2 rings (SSSR count). The first-order chi connectivity index (χ1) is 9.70. The Morgan fingerprint density at radius 1 is 1.40 bits per heavy atom. The third-order valence-corrected chi connectivity index (χ3v) is 5.70. The third-order valence-electron chi connectivity index (χ3n) is 3.93. The van der Waals surface area contributed by atoms with Crippen LogP contribution in [-0.2, 0) is 6.42 Å². The van der Waals surface area contributed by atoms with Crippen molar-refractivity contribution in [2.75, 3.05) is 31.6 Å². The molecule has 0 bridgehead atoms. The fourth-order valence-electron chi connectivity index (χ4n) is 2.68. The summed E-state index contributed by atoms with van der Waals surface area (Å²) in [5, 5.41) is 3.78. The second-order valence-corrected chi connectivity index (χ2v) is 7.91. The monoisotopic (exact) mass is 404 g/mol. The van der Waals surface area contributed by atoms with Gasteiger partial charge in [-0.25, -0.2) is 0 Å². The Balaban J connectivity index is 2.03. The van der Waals surface area contributed by atoms with Gasteiger partial charge in [-0.1, -0.05) is 19.1 Å². The van der Waals surface area contributed by atoms with Gasteiger partial charge in [0.2, 0.25) is 0 Å². The van der Waals surface area contributed by atoms with Crippen LogP contribution in [0.4, 0.5) is 0 Å². The van der Waals surface area contributed by atoms with E-state index in [0.29, 0.717) is 12.1 Å². The number of thioether (sulfide) groups is 1. The molecule has 1 N–H and O–H groups in total. The first-order valence-corrected chi connectivity index (χ1v) is 9.70. The number of halogens is 1. The predicted octanol–water partition coefficient (Wildman–Crippen LogP) is 3.25. The fraction of sp³-hybridized carbons (Fsp3) is 0.625. The minimum absolute atomic E-state index is 0.563. The van der Waals surface area contributed by atoms with Gasteiger partial charge in [0.05, 0.1) is 0 Å². The Morgan fingerprint density at radius 3 is 2.80 bits per heavy atom. The van der Waals surface area contributed by atoms with Crippen molar-refractivity contribution in [2.45, 2.75) is 31.8 Å². The second-order valence-electron chi connectivity index (χ2n) is 5.51. The highest BCUT2D eigenvalue weighted by atomic mass is 127. The van der Waals surface area contributed by atoms with Crippen molar-refractivity contribution in [3.05, 3.63) is 33.4 Å². The van der Waals surface area contributed by atoms with Crippen molar-refractivity contribution in [3.8, 4) is 0 Å². The number of nitrogens with zero attached hydrogens (tertiary/aromatic N) is 1. The van der Waals surface area contributed by atoms with E-state index >= 15 is 0 Å². The van der Waals surface area contributed by atoms with Crippen LogP contribution in [0.1, 0.15) is 18.9 Å². The lowest BCUT2D eigenvalue weighted by Gasteiger charge is -2.38. The van der Waals surface area contributed by atoms with Crippen LogP contribution in [-0.4, -0.2) is 48.6 Å². The molecule has 1 saturated heterocycles. The summed E-state index contributed by atoms with van der Waals surface area (Å²) in [4.78, 5) is 2.54. The van der Waals surface area contributed by atoms with Crippen molar-refractivity contribution < 1.29 is 0 Å². The smallest absolute Gasteiger partial charge is 0.0340 e. The molecule has 1 aromatic carbocycles. The van der Waals surface area contributed by atoms with Crippen molar-refractivity contribution >= 4 is 34.4 Å². The zero-order chi connectivity index (χ0) is 14.4. The molecule has 1 fully saturated rings. The van der Waals surface area contributed by atoms with E-state index in [2.05, 4.69) is 82.8 Å². The van der Waals surface area contributed by atoms with Gasteiger partial charge in [-0.05, 0) is 66.7 Å². The van der Waals surface area contributed by atoms with Crippen molar-refractivity contribution in [3.63, 3.8) is 0 Å². The Kier molecular flexibility index (Phi) is 7.14. The average Bonchev–Trinajstić information content (AvgIpc) is 2.46. The van der Waals surface area contributed by atoms with Crippen LogP contribution < -0.4 is 5.32 Å². The van der Waals surface area contributed by atoms with Gasteiger partial charge >= 0.3 is 0 Å². The predicted molar refractivity (Wildman–Crippen MR) is 98.7 cm³/mol. The number of hydrogen-bond acceptors (Lipinski definition) is 3. The molecule has 20 heavy (non-hydrogen) atoms. The van der Waals surface area contributed by atoms with E-state index in [1.165, 1.54) is 33.6 Å². The molecular weight excluding hydrogens is 379 g/mol. The Hall–Kier alpha value is 0.220. The SMILES string of the molecule is CCCNC(Cc1ccc(I)cc1)C1CSCCN1C. The number of hydrogen-bond donors (Lipinski definition) is 1. The number of likely N-dealkylation sites (N-methyl/N-ethyl adjacent to an activating group) is 1. The number of rotatable bonds is 6. The molecule has 0 spiro atoms. The molecule has 1 heterocycles. The van der Waals surface area contributed by atoms with Crippen LogP contribution in [0.25, 0.3) is 0 Å². The molecule has 2 nitrogen and oxygen atoms in total. The van der Waals surface area contributed by atoms with E-state index in [0.717, 1.165) is 13.0 Å². The average molecular weight is 404 g/mol. The van der Waals surface area contributed by atoms with Crippen molar-refractivity contribution in [2.24, 2.45) is 0 Å². The summed E-state index contributed by atoms with van der Waals surface area (Å²) in [6.07, 6.45) is 2.33. The van der Waals surface area contributed by atoms with Gasteiger partial charge in [0, 0.05) is 33.7 Å². The van der Waals surface area contributed by atoms with E-state index < -0.39 is 0 Å². The lowest BCUT2D eigenvalue weighted by Crippen LogP contribution is -2.53. The van der Waals surface area contributed by atoms with Gasteiger partial charge in [0.25, 0.3) is 0 Å². The molecule has 1 aliphatic rings. The minimum Gasteiger partial charge on any atom is -0.312 e. The summed E-state index contributed by atoms with van der Waals surface area (Å²) in [5.41, 5.74) is 1.45. The molecule has 112 valence electrons. The molecular formula is C16H25IN2S. The molecule has 4 heteroatoms. The van der Waals surface area contributed by atoms with Gasteiger partial charge in [-0.3, -0.25) is 0 Å². The van der Waals surface area contributed by atoms with Gasteiger partial charge in [-0.2, -0.15) is 11.8 Å². The van der Waals surface area contributed by atoms with Crippen LogP contribution in [0.3, 0.4) is 0 Å². The Morgan fingerprint density at radius 2 is 2.15 bits per heavy atom. The van der Waals surface area contributed by atoms with Gasteiger partial charge in [0.1, 0.15) is 0 Å². The quantitative estimate of drug-likeness (QED) is 0.733. The summed E-state index contributed by atoms with van der Waals surface area (Å²) in [6, 6.07) is 10.2. The summed E-state index contributed by atoms with van der Waals surface area (Å²) in [5.74, 6) is 2.53. The van der Waals surface area contributed by atoms with Gasteiger partial charge < -0.3 is 10.2 Å². The molecule has 0 amide bonds. The van der Waals surface area contributed by atoms with E-state index in [1.54, 1.807) is 0 Å². The maximum atomic E-state index is 3.78. The molecule has 1 aromatic rings. The molecule has 1 aliphatic heterocycles. The highest BCUT2D eigenvalue weighted by Gasteiger charge is 2.27. The van der Waals surface area contributed by atoms with E-state index in [9.17, 15) is 0 Å². The summed E-state index contributed by atoms with van der Waals surface area (Å²) < 4.78 is 1.31. The van der Waals surface area contributed by atoms with E-state index in [1.807, 2.05) is 0 Å². The Bertz CT molecular complexity index is 396. The van der Waals surface area contributed by atoms with Crippen LogP contribution in [0.5, 0.6) is 0 Å². The first-order valence-electron chi connectivity index (χ1n) is 7.46. The van der Waals surface area contributed by atoms with Gasteiger partial charge in [0.15, 0.2) is 0 Å². The van der Waals surface area contributed by atoms with Crippen LogP contribution in [0.2, 0.25) is 0 Å². The third kappa shape index (κ3) is 4.90. The van der Waals surface area contributed by atoms with Crippen molar-refractivity contribution in [1.82, 2.24) is 10.2 Å². The highest BCUT2D eigenvalue weighted by Crippen LogP contribution is 2.20. The standard InChI is InChI=1S/C16H25IN2S/c1-3-8-18-15(16-12-20-10-9-19(16)2)11-13-4-6-14(17)7-5-13/h4-7,15-16,18H,3,8-12H2,1-2H3. The number of benzene rings is 1. The molecule has 0 aromatic heterocycles. The molecule has 0 saturated carbocycles. The first kappa shape index (κ1) is 16.6.